The van der Waals surface area contributed by atoms with Crippen LogP contribution in [0.1, 0.15) is 11.1 Å². The zero-order valence-electron chi connectivity index (χ0n) is 12.8. The normalized spacial score (nSPS) is 10.9. The van der Waals surface area contributed by atoms with E-state index in [1.807, 2.05) is 36.4 Å². The average molecular weight is 373 g/mol. The van der Waals surface area contributed by atoms with Gasteiger partial charge in [-0.25, -0.2) is 0 Å². The molecule has 1 amide bonds. The summed E-state index contributed by atoms with van der Waals surface area (Å²) in [5, 5.41) is 0.978. The van der Waals surface area contributed by atoms with Crippen molar-refractivity contribution < 1.29 is 9.53 Å². The SMILES string of the molecule is COc1ccc2c(c1)c(CC(N)=O)c(Br)n2Cc1ccccc1. The smallest absolute Gasteiger partial charge is 0.221 e. The Hall–Kier alpha value is -2.27. The highest BCUT2D eigenvalue weighted by Crippen LogP contribution is 2.33. The Balaban J connectivity index is 2.17. The first-order valence-electron chi connectivity index (χ1n) is 7.27. The topological polar surface area (TPSA) is 57.2 Å². The number of carbonyl (C=O) groups is 1. The third kappa shape index (κ3) is 3.10. The van der Waals surface area contributed by atoms with E-state index in [2.05, 4.69) is 32.6 Å². The molecule has 1 aromatic heterocycles. The van der Waals surface area contributed by atoms with Crippen molar-refractivity contribution >= 4 is 32.7 Å². The van der Waals surface area contributed by atoms with Gasteiger partial charge in [-0.2, -0.15) is 0 Å². The fraction of sp³-hybridized carbons (Fsp3) is 0.167. The maximum atomic E-state index is 11.4. The molecule has 118 valence electrons. The van der Waals surface area contributed by atoms with Gasteiger partial charge in [-0.15, -0.1) is 0 Å². The Bertz CT molecular complexity index is 856. The summed E-state index contributed by atoms with van der Waals surface area (Å²) in [5.74, 6) is 0.403. The molecular formula is C18H17BrN2O2. The van der Waals surface area contributed by atoms with E-state index in [0.29, 0.717) is 6.54 Å². The van der Waals surface area contributed by atoms with E-state index in [0.717, 1.165) is 26.8 Å². The van der Waals surface area contributed by atoms with E-state index < -0.39 is 0 Å². The highest BCUT2D eigenvalue weighted by atomic mass is 79.9. The van der Waals surface area contributed by atoms with Crippen LogP contribution in [0.4, 0.5) is 0 Å². The number of hydrogen-bond donors (Lipinski definition) is 1. The van der Waals surface area contributed by atoms with Gasteiger partial charge in [-0.1, -0.05) is 30.3 Å². The van der Waals surface area contributed by atoms with Gasteiger partial charge in [0.2, 0.25) is 5.91 Å². The van der Waals surface area contributed by atoms with Gasteiger partial charge in [0.15, 0.2) is 0 Å². The molecule has 0 fully saturated rings. The lowest BCUT2D eigenvalue weighted by molar-refractivity contribution is -0.117. The fourth-order valence-corrected chi connectivity index (χ4v) is 3.43. The van der Waals surface area contributed by atoms with Gasteiger partial charge >= 0.3 is 0 Å². The van der Waals surface area contributed by atoms with Crippen LogP contribution in [0.2, 0.25) is 0 Å². The quantitative estimate of drug-likeness (QED) is 0.745. The Morgan fingerprint density at radius 1 is 1.22 bits per heavy atom. The third-order valence-corrected chi connectivity index (χ3v) is 4.75. The molecule has 0 bridgehead atoms. The van der Waals surface area contributed by atoms with Gasteiger partial charge in [0.1, 0.15) is 5.75 Å². The molecule has 4 nitrogen and oxygen atoms in total. The summed E-state index contributed by atoms with van der Waals surface area (Å²) in [7, 11) is 1.63. The predicted molar refractivity (Wildman–Crippen MR) is 94.6 cm³/mol. The Morgan fingerprint density at radius 3 is 2.61 bits per heavy atom. The number of fused-ring (bicyclic) bond motifs is 1. The van der Waals surface area contributed by atoms with Gasteiger partial charge in [-0.05, 0) is 39.7 Å². The first-order chi connectivity index (χ1) is 11.1. The largest absolute Gasteiger partial charge is 0.497 e. The van der Waals surface area contributed by atoms with Crippen LogP contribution in [0.25, 0.3) is 10.9 Å². The summed E-state index contributed by atoms with van der Waals surface area (Å²) in [6.45, 7) is 0.711. The number of halogens is 1. The molecule has 0 saturated carbocycles. The summed E-state index contributed by atoms with van der Waals surface area (Å²) >= 11 is 3.64. The molecule has 0 aliphatic carbocycles. The van der Waals surface area contributed by atoms with E-state index in [1.54, 1.807) is 7.11 Å². The van der Waals surface area contributed by atoms with Crippen LogP contribution in [-0.2, 0) is 17.8 Å². The molecular weight excluding hydrogens is 356 g/mol. The lowest BCUT2D eigenvalue weighted by Crippen LogP contribution is -2.14. The van der Waals surface area contributed by atoms with Crippen LogP contribution in [0, 0.1) is 0 Å². The van der Waals surface area contributed by atoms with E-state index in [-0.39, 0.29) is 12.3 Å². The second kappa shape index (κ2) is 6.46. The van der Waals surface area contributed by atoms with Crippen LogP contribution in [0.15, 0.2) is 53.1 Å². The van der Waals surface area contributed by atoms with Gasteiger partial charge < -0.3 is 15.0 Å². The summed E-state index contributed by atoms with van der Waals surface area (Å²) in [6, 6.07) is 16.1. The van der Waals surface area contributed by atoms with Crippen molar-refractivity contribution in [3.63, 3.8) is 0 Å². The van der Waals surface area contributed by atoms with Gasteiger partial charge in [-0.3, -0.25) is 4.79 Å². The van der Waals surface area contributed by atoms with Gasteiger partial charge in [0, 0.05) is 23.0 Å². The van der Waals surface area contributed by atoms with Crippen molar-refractivity contribution in [1.82, 2.24) is 4.57 Å². The van der Waals surface area contributed by atoms with Crippen molar-refractivity contribution in [3.05, 3.63) is 64.3 Å². The number of rotatable bonds is 5. The van der Waals surface area contributed by atoms with E-state index in [9.17, 15) is 4.79 Å². The van der Waals surface area contributed by atoms with Crippen molar-refractivity contribution in [2.75, 3.05) is 7.11 Å². The Kier molecular flexibility index (Phi) is 4.39. The number of benzene rings is 2. The molecule has 0 radical (unpaired) electrons. The number of aromatic nitrogens is 1. The third-order valence-electron chi connectivity index (χ3n) is 3.84. The molecule has 0 unspecified atom stereocenters. The number of amides is 1. The van der Waals surface area contributed by atoms with E-state index >= 15 is 0 Å². The molecule has 1 heterocycles. The number of hydrogen-bond acceptors (Lipinski definition) is 2. The lowest BCUT2D eigenvalue weighted by atomic mass is 10.1. The lowest BCUT2D eigenvalue weighted by Gasteiger charge is -2.08. The molecule has 0 spiro atoms. The van der Waals surface area contributed by atoms with Crippen molar-refractivity contribution in [2.45, 2.75) is 13.0 Å². The summed E-state index contributed by atoms with van der Waals surface area (Å²) in [4.78, 5) is 11.4. The van der Waals surface area contributed by atoms with E-state index in [4.69, 9.17) is 10.5 Å². The van der Waals surface area contributed by atoms with Crippen LogP contribution < -0.4 is 10.5 Å². The highest BCUT2D eigenvalue weighted by Gasteiger charge is 2.17. The summed E-state index contributed by atoms with van der Waals surface area (Å²) < 4.78 is 8.33. The zero-order chi connectivity index (χ0) is 16.4. The van der Waals surface area contributed by atoms with Crippen LogP contribution in [0.5, 0.6) is 5.75 Å². The molecule has 23 heavy (non-hydrogen) atoms. The molecule has 0 saturated heterocycles. The van der Waals surface area contributed by atoms with Crippen LogP contribution in [-0.4, -0.2) is 17.6 Å². The number of nitrogens with two attached hydrogens (primary N) is 1. The minimum atomic E-state index is -0.354. The fourth-order valence-electron chi connectivity index (χ4n) is 2.76. The van der Waals surface area contributed by atoms with Crippen LogP contribution >= 0.6 is 15.9 Å². The number of nitrogens with zero attached hydrogens (tertiary/aromatic N) is 1. The van der Waals surface area contributed by atoms with Crippen molar-refractivity contribution in [3.8, 4) is 5.75 Å². The predicted octanol–water partition coefficient (Wildman–Crippen LogP) is 3.49. The average Bonchev–Trinajstić information content (AvgIpc) is 2.80. The molecule has 2 aromatic carbocycles. The van der Waals surface area contributed by atoms with Crippen LogP contribution in [0.3, 0.4) is 0 Å². The standard InChI is InChI=1S/C18H17BrN2O2/c1-23-13-7-8-16-14(9-13)15(10-17(20)22)18(19)21(16)11-12-5-3-2-4-6-12/h2-9H,10-11H2,1H3,(H2,20,22). The molecule has 5 heteroatoms. The first kappa shape index (κ1) is 15.6. The monoisotopic (exact) mass is 372 g/mol. The van der Waals surface area contributed by atoms with Crippen molar-refractivity contribution in [2.24, 2.45) is 5.73 Å². The number of primary amides is 1. The molecule has 3 aromatic rings. The number of carbonyl (C=O) groups excluding carboxylic acids is 1. The molecule has 2 N–H and O–H groups in total. The molecule has 0 aliphatic heterocycles. The van der Waals surface area contributed by atoms with Gasteiger partial charge in [0.25, 0.3) is 0 Å². The van der Waals surface area contributed by atoms with Gasteiger partial charge in [0.05, 0.1) is 18.1 Å². The Labute approximate surface area is 143 Å². The summed E-state index contributed by atoms with van der Waals surface area (Å²) in [5.41, 5.74) is 8.53. The second-order valence-corrected chi connectivity index (χ2v) is 6.12. The van der Waals surface area contributed by atoms with Crippen molar-refractivity contribution in [1.29, 1.82) is 0 Å². The molecule has 3 rings (SSSR count). The number of methoxy groups -OCH3 is 1. The number of ether oxygens (including phenoxy) is 1. The molecule has 0 aliphatic rings. The second-order valence-electron chi connectivity index (χ2n) is 5.37. The Morgan fingerprint density at radius 2 is 1.96 bits per heavy atom. The maximum Gasteiger partial charge on any atom is 0.221 e. The first-order valence-corrected chi connectivity index (χ1v) is 8.06. The summed E-state index contributed by atoms with van der Waals surface area (Å²) in [6.07, 6.45) is 0.187. The minimum absolute atomic E-state index is 0.187. The molecule has 0 atom stereocenters. The highest BCUT2D eigenvalue weighted by molar-refractivity contribution is 9.10. The van der Waals surface area contributed by atoms with E-state index in [1.165, 1.54) is 5.56 Å². The maximum absolute atomic E-state index is 11.4. The minimum Gasteiger partial charge on any atom is -0.497 e. The zero-order valence-corrected chi connectivity index (χ0v) is 14.3.